The number of hydrogen-bond acceptors (Lipinski definition) is 0. The predicted octanol–water partition coefficient (Wildman–Crippen LogP) is 1.68. The minimum Gasteiger partial charge on any atom is -0.346 e. The van der Waals surface area contributed by atoms with E-state index < -0.39 is 0 Å². The largest absolute Gasteiger partial charge is 0.346 e. The van der Waals surface area contributed by atoms with E-state index in [4.69, 9.17) is 0 Å². The summed E-state index contributed by atoms with van der Waals surface area (Å²) in [7, 11) is 0. The minimum atomic E-state index is 0. The quantitative estimate of drug-likeness (QED) is 0.379. The van der Waals surface area contributed by atoms with Gasteiger partial charge in [-0.2, -0.15) is 13.8 Å². The summed E-state index contributed by atoms with van der Waals surface area (Å²) in [6.07, 6.45) is 0. The average Bonchev–Trinajstić information content (AvgIpc) is 1.50. The smallest absolute Gasteiger partial charge is 0 e. The van der Waals surface area contributed by atoms with E-state index in [2.05, 4.69) is 13.8 Å². The topological polar surface area (TPSA) is 0 Å². The summed E-state index contributed by atoms with van der Waals surface area (Å²) >= 11 is 0. The first-order chi connectivity index (χ1) is 2.00. The van der Waals surface area contributed by atoms with Crippen molar-refractivity contribution in [2.75, 3.05) is 0 Å². The zero-order valence-corrected chi connectivity index (χ0v) is 5.20. The predicted molar refractivity (Wildman–Crippen MR) is 22.1 cm³/mol. The van der Waals surface area contributed by atoms with E-state index in [9.17, 15) is 0 Å². The van der Waals surface area contributed by atoms with Gasteiger partial charge in [-0.05, 0) is 0 Å². The molecule has 0 aliphatic rings. The maximum atomic E-state index is 3.25. The van der Waals surface area contributed by atoms with Crippen molar-refractivity contribution in [1.29, 1.82) is 0 Å². The molecule has 0 aromatic heterocycles. The Morgan fingerprint density at radius 1 is 0.800 bits per heavy atom. The van der Waals surface area contributed by atoms with Crippen LogP contribution in [0.3, 0.4) is 0 Å². The van der Waals surface area contributed by atoms with Crippen LogP contribution in [0, 0.1) is 13.8 Å². The molecule has 0 heterocycles. The van der Waals surface area contributed by atoms with Crippen LogP contribution in [0.4, 0.5) is 0 Å². The molecule has 1 radical (unpaired) electrons. The Kier molecular flexibility index (Phi) is 416. The van der Waals surface area contributed by atoms with E-state index in [0.717, 1.165) is 0 Å². The normalized spacial score (nSPS) is 2.40. The first kappa shape index (κ1) is 17.2. The summed E-state index contributed by atoms with van der Waals surface area (Å²) in [5, 5.41) is 0. The molecule has 0 saturated heterocycles. The molecule has 0 amide bonds. The summed E-state index contributed by atoms with van der Waals surface area (Å²) in [5.74, 6) is 0. The van der Waals surface area contributed by atoms with Gasteiger partial charge in [-0.1, -0.05) is 0 Å². The van der Waals surface area contributed by atoms with Gasteiger partial charge in [-0.15, -0.1) is 0 Å². The summed E-state index contributed by atoms with van der Waals surface area (Å²) in [6.45, 7) is 10.0. The molecule has 39 valence electrons. The van der Waals surface area contributed by atoms with Gasteiger partial charge in [0.2, 0.25) is 0 Å². The molecule has 0 aromatic rings. The summed E-state index contributed by atoms with van der Waals surface area (Å²) in [4.78, 5) is 0. The molecule has 0 N–H and O–H groups in total. The molecule has 0 bridgehead atoms. The van der Waals surface area contributed by atoms with Crippen molar-refractivity contribution < 1.29 is 22.4 Å². The first-order valence-corrected chi connectivity index (χ1v) is 1.41. The standard InChI is InChI=1S/2C2H5.Ag/c2*1-2;/h2*1H2,2H3;/q2*-1;. The Morgan fingerprint density at radius 2 is 0.800 bits per heavy atom. The van der Waals surface area contributed by atoms with Crippen LogP contribution >= 0.6 is 0 Å². The van der Waals surface area contributed by atoms with Gasteiger partial charge in [0.25, 0.3) is 0 Å². The van der Waals surface area contributed by atoms with Crippen molar-refractivity contribution in [1.82, 2.24) is 0 Å². The monoisotopic (exact) mass is 165 g/mol. The second-order valence-corrected chi connectivity index (χ2v) is 0. The van der Waals surface area contributed by atoms with Gasteiger partial charge in [0.1, 0.15) is 0 Å². The third-order valence-electron chi connectivity index (χ3n) is 0. The number of hydrogen-bond donors (Lipinski definition) is 0. The van der Waals surface area contributed by atoms with E-state index in [1.54, 1.807) is 13.8 Å². The van der Waals surface area contributed by atoms with E-state index in [1.807, 2.05) is 0 Å². The van der Waals surface area contributed by atoms with Gasteiger partial charge in [0.15, 0.2) is 0 Å². The van der Waals surface area contributed by atoms with Crippen molar-refractivity contribution in [3.63, 3.8) is 0 Å². The molecule has 0 rings (SSSR count). The third-order valence-corrected chi connectivity index (χ3v) is 0. The van der Waals surface area contributed by atoms with E-state index in [1.165, 1.54) is 0 Å². The Balaban J connectivity index is -0.0000000133. The van der Waals surface area contributed by atoms with E-state index >= 15 is 0 Å². The minimum absolute atomic E-state index is 0. The molecule has 1 heteroatoms. The molecule has 0 atom stereocenters. The summed E-state index contributed by atoms with van der Waals surface area (Å²) < 4.78 is 0. The van der Waals surface area contributed by atoms with Gasteiger partial charge < -0.3 is 13.8 Å². The Morgan fingerprint density at radius 3 is 0.800 bits per heavy atom. The van der Waals surface area contributed by atoms with Crippen LogP contribution < -0.4 is 0 Å². The second kappa shape index (κ2) is 121. The van der Waals surface area contributed by atoms with Gasteiger partial charge in [-0.3, -0.25) is 0 Å². The molecule has 0 unspecified atom stereocenters. The summed E-state index contributed by atoms with van der Waals surface area (Å²) in [6, 6.07) is 0. The van der Waals surface area contributed by atoms with Crippen molar-refractivity contribution in [3.05, 3.63) is 13.8 Å². The van der Waals surface area contributed by atoms with Crippen molar-refractivity contribution in [2.45, 2.75) is 13.8 Å². The number of rotatable bonds is 0. The first-order valence-electron chi connectivity index (χ1n) is 1.41. The van der Waals surface area contributed by atoms with Crippen LogP contribution in [-0.2, 0) is 22.4 Å². The molecule has 0 saturated carbocycles. The molecule has 0 aliphatic carbocycles. The molecule has 0 aromatic carbocycles. The van der Waals surface area contributed by atoms with Crippen molar-refractivity contribution in [2.24, 2.45) is 0 Å². The summed E-state index contributed by atoms with van der Waals surface area (Å²) in [5.41, 5.74) is 0. The van der Waals surface area contributed by atoms with Gasteiger partial charge in [0, 0.05) is 22.4 Å². The zero-order valence-electron chi connectivity index (χ0n) is 3.72. The third kappa shape index (κ3) is 65.0. The van der Waals surface area contributed by atoms with Crippen LogP contribution in [0.5, 0.6) is 0 Å². The van der Waals surface area contributed by atoms with E-state index in [0.29, 0.717) is 0 Å². The average molecular weight is 166 g/mol. The van der Waals surface area contributed by atoms with Crippen LogP contribution in [-0.4, -0.2) is 0 Å². The van der Waals surface area contributed by atoms with Crippen LogP contribution in [0.25, 0.3) is 0 Å². The van der Waals surface area contributed by atoms with Crippen molar-refractivity contribution >= 4 is 0 Å². The maximum absolute atomic E-state index is 3.25. The fourth-order valence-corrected chi connectivity index (χ4v) is 0. The molecule has 0 spiro atoms. The molecule has 0 fully saturated rings. The van der Waals surface area contributed by atoms with Crippen molar-refractivity contribution in [3.8, 4) is 0 Å². The van der Waals surface area contributed by atoms with E-state index in [-0.39, 0.29) is 22.4 Å². The molecule has 0 aliphatic heterocycles. The molecular formula is C4H10Ag-2. The van der Waals surface area contributed by atoms with Crippen LogP contribution in [0.1, 0.15) is 13.8 Å². The van der Waals surface area contributed by atoms with Gasteiger partial charge >= 0.3 is 0 Å². The Hall–Kier alpha value is 0.740. The van der Waals surface area contributed by atoms with Crippen LogP contribution in [0.2, 0.25) is 0 Å². The second-order valence-electron chi connectivity index (χ2n) is 0. The molecular weight excluding hydrogens is 156 g/mol. The maximum Gasteiger partial charge on any atom is 0 e. The van der Waals surface area contributed by atoms with Crippen LogP contribution in [0.15, 0.2) is 0 Å². The SMILES string of the molecule is [Ag].[CH2-]C.[CH2-]C. The fraction of sp³-hybridized carbons (Fsp3) is 0.500. The Bertz CT molecular complexity index is 3.61. The van der Waals surface area contributed by atoms with Gasteiger partial charge in [-0.25, -0.2) is 0 Å². The Labute approximate surface area is 50.5 Å². The zero-order chi connectivity index (χ0) is 4.00. The van der Waals surface area contributed by atoms with Gasteiger partial charge in [0.05, 0.1) is 0 Å². The molecule has 5 heavy (non-hydrogen) atoms. The fourth-order valence-electron chi connectivity index (χ4n) is 0. The molecule has 0 nitrogen and oxygen atoms in total.